The number of non-ortho nitro benzene ring substituents is 1. The lowest BCUT2D eigenvalue weighted by Gasteiger charge is -1.96. The molecule has 0 radical (unpaired) electrons. The molecule has 0 aliphatic heterocycles. The van der Waals surface area contributed by atoms with Crippen molar-refractivity contribution in [2.45, 2.75) is 0 Å². The Labute approximate surface area is 96.6 Å². The van der Waals surface area contributed by atoms with Gasteiger partial charge in [0.05, 0.1) is 4.92 Å². The number of guanidine groups is 1. The van der Waals surface area contributed by atoms with Crippen LogP contribution in [-0.4, -0.2) is 16.8 Å². The lowest BCUT2D eigenvalue weighted by molar-refractivity contribution is -0.384. The number of amides is 1. The fourth-order valence-electron chi connectivity index (χ4n) is 1.05. The monoisotopic (exact) mass is 234 g/mol. The molecule has 7 nitrogen and oxygen atoms in total. The Bertz CT molecular complexity index is 479. The van der Waals surface area contributed by atoms with E-state index in [1.165, 1.54) is 36.4 Å². The Balaban J connectivity index is 2.69. The van der Waals surface area contributed by atoms with E-state index in [0.717, 1.165) is 0 Å². The van der Waals surface area contributed by atoms with Crippen LogP contribution in [0, 0.1) is 15.5 Å². The van der Waals surface area contributed by atoms with Crippen molar-refractivity contribution in [3.63, 3.8) is 0 Å². The highest BCUT2D eigenvalue weighted by Gasteiger charge is 2.02. The van der Waals surface area contributed by atoms with Crippen LogP contribution in [0.1, 0.15) is 5.56 Å². The van der Waals surface area contributed by atoms with Gasteiger partial charge in [-0.2, -0.15) is 0 Å². The summed E-state index contributed by atoms with van der Waals surface area (Å²) in [5, 5.41) is 19.3. The molecule has 0 bridgehead atoms. The van der Waals surface area contributed by atoms with E-state index < -0.39 is 16.8 Å². The standard InChI is InChI=1S/C10H10N4O3/c11-10(12)13-9(15)6-3-7-1-4-8(5-2-7)14(16)17/h1-6H,(H4,11,12,13,15). The number of nitrogens with zero attached hydrogens (tertiary/aromatic N) is 1. The van der Waals surface area contributed by atoms with Gasteiger partial charge in [0.15, 0.2) is 5.96 Å². The van der Waals surface area contributed by atoms with Crippen LogP contribution in [0.3, 0.4) is 0 Å². The van der Waals surface area contributed by atoms with Crippen LogP contribution in [0.4, 0.5) is 5.69 Å². The largest absolute Gasteiger partial charge is 0.370 e. The Morgan fingerprint density at radius 1 is 1.41 bits per heavy atom. The third kappa shape index (κ3) is 4.12. The van der Waals surface area contributed by atoms with Crippen molar-refractivity contribution < 1.29 is 9.72 Å². The van der Waals surface area contributed by atoms with Crippen LogP contribution in [0.5, 0.6) is 0 Å². The number of benzene rings is 1. The van der Waals surface area contributed by atoms with Crippen LogP contribution in [0.15, 0.2) is 30.3 Å². The smallest absolute Gasteiger partial charge is 0.269 e. The van der Waals surface area contributed by atoms with Crippen LogP contribution in [-0.2, 0) is 4.79 Å². The minimum Gasteiger partial charge on any atom is -0.370 e. The zero-order valence-electron chi connectivity index (χ0n) is 8.71. The van der Waals surface area contributed by atoms with E-state index in [9.17, 15) is 14.9 Å². The van der Waals surface area contributed by atoms with Crippen molar-refractivity contribution >= 4 is 23.6 Å². The molecule has 0 aromatic heterocycles. The van der Waals surface area contributed by atoms with Crippen LogP contribution >= 0.6 is 0 Å². The molecule has 1 rings (SSSR count). The molecule has 0 atom stereocenters. The van der Waals surface area contributed by atoms with Gasteiger partial charge in [0.2, 0.25) is 0 Å². The van der Waals surface area contributed by atoms with E-state index in [1.54, 1.807) is 0 Å². The first kappa shape index (κ1) is 12.4. The summed E-state index contributed by atoms with van der Waals surface area (Å²) >= 11 is 0. The average Bonchev–Trinajstić information content (AvgIpc) is 2.26. The molecule has 17 heavy (non-hydrogen) atoms. The molecule has 4 N–H and O–H groups in total. The molecule has 0 fully saturated rings. The maximum atomic E-state index is 11.1. The predicted octanol–water partition coefficient (Wildman–Crippen LogP) is 0.618. The lowest BCUT2D eigenvalue weighted by Crippen LogP contribution is -2.34. The summed E-state index contributed by atoms with van der Waals surface area (Å²) in [6.07, 6.45) is 2.64. The summed E-state index contributed by atoms with van der Waals surface area (Å²) in [7, 11) is 0. The highest BCUT2D eigenvalue weighted by Crippen LogP contribution is 2.12. The Kier molecular flexibility index (Phi) is 3.93. The number of carbonyl (C=O) groups excluding carboxylic acids is 1. The molecule has 0 aliphatic rings. The van der Waals surface area contributed by atoms with E-state index in [2.05, 4.69) is 5.32 Å². The van der Waals surface area contributed by atoms with E-state index >= 15 is 0 Å². The quantitative estimate of drug-likeness (QED) is 0.233. The molecule has 1 amide bonds. The fourth-order valence-corrected chi connectivity index (χ4v) is 1.05. The first-order valence-electron chi connectivity index (χ1n) is 4.56. The van der Waals surface area contributed by atoms with Gasteiger partial charge >= 0.3 is 0 Å². The van der Waals surface area contributed by atoms with Crippen molar-refractivity contribution in [1.82, 2.24) is 5.32 Å². The SMILES string of the molecule is N=C(N)NC(=O)C=Cc1ccc([N+](=O)[O-])cc1. The van der Waals surface area contributed by atoms with E-state index in [0.29, 0.717) is 5.56 Å². The minimum atomic E-state index is -0.532. The molecule has 0 unspecified atom stereocenters. The predicted molar refractivity (Wildman–Crippen MR) is 62.2 cm³/mol. The first-order valence-corrected chi connectivity index (χ1v) is 4.56. The molecule has 0 spiro atoms. The molecule has 1 aromatic carbocycles. The van der Waals surface area contributed by atoms with Gasteiger partial charge in [0.25, 0.3) is 11.6 Å². The molecule has 7 heteroatoms. The number of hydrogen-bond donors (Lipinski definition) is 3. The summed E-state index contributed by atoms with van der Waals surface area (Å²) in [6.45, 7) is 0. The Morgan fingerprint density at radius 3 is 2.47 bits per heavy atom. The molecular weight excluding hydrogens is 224 g/mol. The summed E-state index contributed by atoms with van der Waals surface area (Å²) in [4.78, 5) is 21.0. The maximum Gasteiger partial charge on any atom is 0.269 e. The summed E-state index contributed by atoms with van der Waals surface area (Å²) in [5.41, 5.74) is 5.57. The molecule has 0 saturated heterocycles. The van der Waals surface area contributed by atoms with Gasteiger partial charge in [-0.25, -0.2) is 0 Å². The zero-order chi connectivity index (χ0) is 12.8. The first-order chi connectivity index (χ1) is 7.99. The van der Waals surface area contributed by atoms with Crippen LogP contribution in [0.2, 0.25) is 0 Å². The number of nitrogens with one attached hydrogen (secondary N) is 2. The number of nitro benzene ring substituents is 1. The molecule has 88 valence electrons. The van der Waals surface area contributed by atoms with Crippen molar-refractivity contribution in [1.29, 1.82) is 5.41 Å². The van der Waals surface area contributed by atoms with Crippen molar-refractivity contribution in [3.05, 3.63) is 46.0 Å². The fraction of sp³-hybridized carbons (Fsp3) is 0. The van der Waals surface area contributed by atoms with Gasteiger partial charge in [-0.15, -0.1) is 0 Å². The van der Waals surface area contributed by atoms with Gasteiger partial charge < -0.3 is 5.73 Å². The molecule has 0 aliphatic carbocycles. The summed E-state index contributed by atoms with van der Waals surface area (Å²) in [5.74, 6) is -0.973. The minimum absolute atomic E-state index is 0.0182. The third-order valence-corrected chi connectivity index (χ3v) is 1.79. The second-order valence-corrected chi connectivity index (χ2v) is 3.08. The normalized spacial score (nSPS) is 10.1. The number of carbonyl (C=O) groups is 1. The lowest BCUT2D eigenvalue weighted by atomic mass is 10.2. The second kappa shape index (κ2) is 5.40. The van der Waals surface area contributed by atoms with Crippen molar-refractivity contribution in [3.8, 4) is 0 Å². The van der Waals surface area contributed by atoms with Gasteiger partial charge in [0, 0.05) is 18.2 Å². The third-order valence-electron chi connectivity index (χ3n) is 1.79. The maximum absolute atomic E-state index is 11.1. The average molecular weight is 234 g/mol. The van der Waals surface area contributed by atoms with Gasteiger partial charge in [-0.05, 0) is 23.8 Å². The van der Waals surface area contributed by atoms with Crippen LogP contribution in [0.25, 0.3) is 6.08 Å². The number of hydrogen-bond acceptors (Lipinski definition) is 4. The Morgan fingerprint density at radius 2 is 2.00 bits per heavy atom. The van der Waals surface area contributed by atoms with E-state index in [1.807, 2.05) is 0 Å². The molecule has 0 saturated carbocycles. The van der Waals surface area contributed by atoms with Crippen molar-refractivity contribution in [2.24, 2.45) is 5.73 Å². The second-order valence-electron chi connectivity index (χ2n) is 3.08. The van der Waals surface area contributed by atoms with Crippen LogP contribution < -0.4 is 11.1 Å². The zero-order valence-corrected chi connectivity index (χ0v) is 8.71. The van der Waals surface area contributed by atoms with Gasteiger partial charge in [-0.3, -0.25) is 25.6 Å². The van der Waals surface area contributed by atoms with Crippen molar-refractivity contribution in [2.75, 3.05) is 0 Å². The number of nitrogens with two attached hydrogens (primary N) is 1. The summed E-state index contributed by atoms with van der Waals surface area (Å²) < 4.78 is 0. The van der Waals surface area contributed by atoms with E-state index in [4.69, 9.17) is 11.1 Å². The van der Waals surface area contributed by atoms with Gasteiger partial charge in [-0.1, -0.05) is 0 Å². The summed E-state index contributed by atoms with van der Waals surface area (Å²) in [6, 6.07) is 5.69. The molecule has 0 heterocycles. The highest BCUT2D eigenvalue weighted by atomic mass is 16.6. The topological polar surface area (TPSA) is 122 Å². The number of rotatable bonds is 3. The molecular formula is C10H10N4O3. The number of nitro groups is 1. The van der Waals surface area contributed by atoms with Gasteiger partial charge in [0.1, 0.15) is 0 Å². The molecule has 1 aromatic rings. The van der Waals surface area contributed by atoms with E-state index in [-0.39, 0.29) is 5.69 Å². The Hall–Kier alpha value is -2.70. The highest BCUT2D eigenvalue weighted by molar-refractivity contribution is 6.02.